The molecule has 122 valence electrons. The van der Waals surface area contributed by atoms with Crippen LogP contribution in [-0.2, 0) is 11.0 Å². The molecule has 0 aliphatic rings. The smallest absolute Gasteiger partial charge is 0.453 e. The van der Waals surface area contributed by atoms with Gasteiger partial charge in [-0.25, -0.2) is 5.10 Å². The number of aromatic nitrogens is 3. The molecule has 23 heavy (non-hydrogen) atoms. The van der Waals surface area contributed by atoms with Gasteiger partial charge in [-0.05, 0) is 42.0 Å². The first-order valence-corrected chi connectivity index (χ1v) is 6.40. The molecule has 0 amide bonds. The second kappa shape index (κ2) is 6.60. The van der Waals surface area contributed by atoms with Gasteiger partial charge in [0.25, 0.3) is 5.82 Å². The number of H-pyrrole nitrogens is 1. The molecule has 0 atom stereocenters. The minimum atomic E-state index is -4.70. The number of carboxylic acid groups (broad SMARTS) is 1. The summed E-state index contributed by atoms with van der Waals surface area (Å²) in [6, 6.07) is 5.82. The van der Waals surface area contributed by atoms with Crippen LogP contribution in [0.25, 0.3) is 0 Å². The van der Waals surface area contributed by atoms with Gasteiger partial charge >= 0.3 is 6.18 Å². The molecule has 0 aliphatic heterocycles. The first kappa shape index (κ1) is 16.7. The van der Waals surface area contributed by atoms with E-state index in [1.54, 1.807) is 0 Å². The number of carbonyl (C=O) groups is 1. The zero-order valence-electron chi connectivity index (χ0n) is 11.2. The number of rotatable bonds is 5. The molecule has 0 unspecified atom stereocenters. The number of nitrogens with zero attached hydrogens (tertiary/aromatic N) is 3. The Bertz CT molecular complexity index is 780. The van der Waals surface area contributed by atoms with Gasteiger partial charge in [0.1, 0.15) is 12.4 Å². The van der Waals surface area contributed by atoms with Gasteiger partial charge in [0, 0.05) is 0 Å². The highest BCUT2D eigenvalue weighted by Crippen LogP contribution is 2.27. The van der Waals surface area contributed by atoms with Crippen molar-refractivity contribution in [3.8, 4) is 5.75 Å². The quantitative estimate of drug-likeness (QED) is 0.644. The lowest BCUT2D eigenvalue weighted by Gasteiger charge is -2.06. The Balaban J connectivity index is 2.17. The van der Waals surface area contributed by atoms with Gasteiger partial charge in [0.05, 0.1) is 12.2 Å². The van der Waals surface area contributed by atoms with Crippen molar-refractivity contribution in [1.29, 1.82) is 0 Å². The van der Waals surface area contributed by atoms with Crippen molar-refractivity contribution in [3.05, 3.63) is 40.4 Å². The summed E-state index contributed by atoms with van der Waals surface area (Å²) < 4.78 is 43.1. The average Bonchev–Trinajstić information content (AvgIpc) is 2.85. The van der Waals surface area contributed by atoms with Gasteiger partial charge < -0.3 is 14.6 Å². The Morgan fingerprint density at radius 2 is 2.09 bits per heavy atom. The molecule has 0 aliphatic carbocycles. The molecule has 1 N–H and O–H groups in total. The lowest BCUT2D eigenvalue weighted by molar-refractivity contribution is -0.307. The molecule has 0 fully saturated rings. The van der Waals surface area contributed by atoms with E-state index >= 15 is 0 Å². The number of alkyl halides is 3. The minimum Gasteiger partial charge on any atom is -0.546 e. The first-order valence-electron chi connectivity index (χ1n) is 5.99. The van der Waals surface area contributed by atoms with Crippen LogP contribution in [0.3, 0.4) is 0 Å². The van der Waals surface area contributed by atoms with Crippen molar-refractivity contribution in [3.63, 3.8) is 0 Å². The molecule has 2 aromatic rings. The number of halogens is 3. The van der Waals surface area contributed by atoms with Gasteiger partial charge in [0.15, 0.2) is 0 Å². The predicted molar refractivity (Wildman–Crippen MR) is 72.3 cm³/mol. The second-order valence-electron chi connectivity index (χ2n) is 4.14. The van der Waals surface area contributed by atoms with E-state index in [1.165, 1.54) is 24.3 Å². The number of carbonyl (C=O) groups excluding carboxylic acids is 1. The molecule has 7 nitrogen and oxygen atoms in total. The van der Waals surface area contributed by atoms with Crippen LogP contribution in [0.1, 0.15) is 11.4 Å². The lowest BCUT2D eigenvalue weighted by Crippen LogP contribution is -2.28. The summed E-state index contributed by atoms with van der Waals surface area (Å²) in [4.78, 5) is 10.2. The van der Waals surface area contributed by atoms with Crippen LogP contribution >= 0.6 is 12.2 Å². The molecular formula is C12H8F3N4O3S-. The van der Waals surface area contributed by atoms with Crippen LogP contribution in [0.15, 0.2) is 29.4 Å². The highest BCUT2D eigenvalue weighted by molar-refractivity contribution is 7.71. The van der Waals surface area contributed by atoms with Crippen LogP contribution in [0, 0.1) is 4.77 Å². The van der Waals surface area contributed by atoms with Crippen molar-refractivity contribution in [1.82, 2.24) is 14.9 Å². The van der Waals surface area contributed by atoms with Gasteiger partial charge in [-0.2, -0.15) is 22.9 Å². The molecule has 0 saturated carbocycles. The fourth-order valence-corrected chi connectivity index (χ4v) is 1.68. The van der Waals surface area contributed by atoms with Crippen LogP contribution in [0.5, 0.6) is 5.75 Å². The largest absolute Gasteiger partial charge is 0.546 e. The third-order valence-corrected chi connectivity index (χ3v) is 2.73. The van der Waals surface area contributed by atoms with E-state index in [-0.39, 0.29) is 10.5 Å². The van der Waals surface area contributed by atoms with Gasteiger partial charge in [-0.15, -0.1) is 5.10 Å². The third kappa shape index (κ3) is 4.39. The summed E-state index contributed by atoms with van der Waals surface area (Å²) in [5, 5.41) is 19.0. The zero-order valence-corrected chi connectivity index (χ0v) is 12.0. The number of aliphatic carboxylic acids is 1. The van der Waals surface area contributed by atoms with E-state index in [2.05, 4.69) is 22.4 Å². The number of aromatic amines is 1. The van der Waals surface area contributed by atoms with E-state index in [1.807, 2.05) is 5.10 Å². The van der Waals surface area contributed by atoms with E-state index in [0.29, 0.717) is 10.2 Å². The minimum absolute atomic E-state index is 0.266. The number of hydrogen-bond acceptors (Lipinski definition) is 6. The molecule has 0 radical (unpaired) electrons. The Morgan fingerprint density at radius 3 is 2.65 bits per heavy atom. The normalized spacial score (nSPS) is 11.8. The van der Waals surface area contributed by atoms with Crippen molar-refractivity contribution in [2.45, 2.75) is 6.18 Å². The highest BCUT2D eigenvalue weighted by atomic mass is 32.1. The molecule has 1 heterocycles. The fourth-order valence-electron chi connectivity index (χ4n) is 1.50. The zero-order chi connectivity index (χ0) is 17.0. The molecule has 0 saturated heterocycles. The van der Waals surface area contributed by atoms with Crippen molar-refractivity contribution in [2.75, 3.05) is 6.61 Å². The first-order chi connectivity index (χ1) is 10.8. The molecule has 1 aromatic heterocycles. The van der Waals surface area contributed by atoms with Crippen LogP contribution in [0.4, 0.5) is 13.2 Å². The van der Waals surface area contributed by atoms with E-state index in [4.69, 9.17) is 4.74 Å². The summed E-state index contributed by atoms with van der Waals surface area (Å²) in [6.07, 6.45) is -3.56. The Kier molecular flexibility index (Phi) is 4.79. The van der Waals surface area contributed by atoms with Gasteiger partial charge in [-0.1, -0.05) is 0 Å². The third-order valence-electron chi connectivity index (χ3n) is 2.46. The molecular weight excluding hydrogens is 337 g/mol. The van der Waals surface area contributed by atoms with Crippen molar-refractivity contribution >= 4 is 24.4 Å². The van der Waals surface area contributed by atoms with Crippen LogP contribution in [-0.4, -0.2) is 33.7 Å². The summed E-state index contributed by atoms with van der Waals surface area (Å²) in [6.45, 7) is -0.605. The summed E-state index contributed by atoms with van der Waals surface area (Å²) in [5.74, 6) is -2.38. The summed E-state index contributed by atoms with van der Waals surface area (Å²) >= 11 is 4.69. The second-order valence-corrected chi connectivity index (χ2v) is 4.52. The number of ether oxygens (including phenoxy) is 1. The molecule has 0 bridgehead atoms. The Labute approximate surface area is 132 Å². The Hall–Kier alpha value is -2.69. The maximum Gasteiger partial charge on any atom is 0.453 e. The van der Waals surface area contributed by atoms with Gasteiger partial charge in [-0.3, -0.25) is 0 Å². The predicted octanol–water partition coefficient (Wildman–Crippen LogP) is 0.970. The molecule has 0 spiro atoms. The molecule has 11 heteroatoms. The number of hydrogen-bond donors (Lipinski definition) is 1. The van der Waals surface area contributed by atoms with Crippen LogP contribution < -0.4 is 9.84 Å². The SMILES string of the molecule is O=C([O-])COc1ccc(/C=N\n2c(C(F)(F)F)n[nH]c2=S)cc1. The lowest BCUT2D eigenvalue weighted by atomic mass is 10.2. The fraction of sp³-hybridized carbons (Fsp3) is 0.167. The van der Waals surface area contributed by atoms with Crippen LogP contribution in [0.2, 0.25) is 0 Å². The van der Waals surface area contributed by atoms with Crippen molar-refractivity contribution in [2.24, 2.45) is 5.10 Å². The van der Waals surface area contributed by atoms with Gasteiger partial charge in [0.2, 0.25) is 4.77 Å². The monoisotopic (exact) mass is 345 g/mol. The average molecular weight is 345 g/mol. The van der Waals surface area contributed by atoms with E-state index in [0.717, 1.165) is 6.21 Å². The Morgan fingerprint density at radius 1 is 1.43 bits per heavy atom. The number of benzene rings is 1. The topological polar surface area (TPSA) is 95.3 Å². The standard InChI is InChI=1S/C12H9F3N4O3S/c13-12(14,15)10-17-18-11(23)19(10)16-5-7-1-3-8(4-2-7)22-6-9(20)21/h1-5H,6H2,(H,18,23)(H,20,21)/p-1/b16-5-. The summed E-state index contributed by atoms with van der Waals surface area (Å²) in [7, 11) is 0. The summed E-state index contributed by atoms with van der Waals surface area (Å²) in [5.41, 5.74) is 0.446. The molecule has 2 rings (SSSR count). The number of carboxylic acids is 1. The maximum atomic E-state index is 12.7. The number of nitrogens with one attached hydrogen (secondary N) is 1. The molecule has 1 aromatic carbocycles. The van der Waals surface area contributed by atoms with E-state index < -0.39 is 24.6 Å². The maximum absolute atomic E-state index is 12.7. The van der Waals surface area contributed by atoms with Crippen molar-refractivity contribution < 1.29 is 27.8 Å². The van der Waals surface area contributed by atoms with E-state index in [9.17, 15) is 23.1 Å². The highest BCUT2D eigenvalue weighted by Gasteiger charge is 2.37.